The number of hydrogen-bond acceptors (Lipinski definition) is 5. The average Bonchev–Trinajstić information content (AvgIpc) is 3.39. The molecule has 0 atom stereocenters. The van der Waals surface area contributed by atoms with Crippen molar-refractivity contribution in [1.29, 1.82) is 0 Å². The molecule has 8 heteroatoms. The molecule has 0 bridgehead atoms. The summed E-state index contributed by atoms with van der Waals surface area (Å²) in [6, 6.07) is 12.5. The van der Waals surface area contributed by atoms with Crippen LogP contribution in [0.5, 0.6) is 5.75 Å². The molecule has 0 unspecified atom stereocenters. The number of nitrogens with zero attached hydrogens (tertiary/aromatic N) is 1. The van der Waals surface area contributed by atoms with Crippen LogP contribution in [0.25, 0.3) is 10.2 Å². The van der Waals surface area contributed by atoms with Crippen LogP contribution in [0.1, 0.15) is 30.1 Å². The molecule has 1 aromatic heterocycles. The van der Waals surface area contributed by atoms with Crippen LogP contribution >= 0.6 is 11.3 Å². The van der Waals surface area contributed by atoms with Crippen molar-refractivity contribution in [1.82, 2.24) is 10.3 Å². The van der Waals surface area contributed by atoms with Gasteiger partial charge in [-0.1, -0.05) is 17.4 Å². The summed E-state index contributed by atoms with van der Waals surface area (Å²) in [5.74, 6) is 0.495. The molecule has 0 saturated heterocycles. The van der Waals surface area contributed by atoms with E-state index < -0.39 is 0 Å². The first-order valence-corrected chi connectivity index (χ1v) is 9.94. The molecule has 1 heterocycles. The summed E-state index contributed by atoms with van der Waals surface area (Å²) in [7, 11) is 0. The van der Waals surface area contributed by atoms with Gasteiger partial charge in [0.05, 0.1) is 16.8 Å². The van der Waals surface area contributed by atoms with Crippen LogP contribution in [0.3, 0.4) is 0 Å². The number of amides is 3. The highest BCUT2D eigenvalue weighted by Gasteiger charge is 2.23. The second kappa shape index (κ2) is 7.85. The Bertz CT molecular complexity index is 1030. The summed E-state index contributed by atoms with van der Waals surface area (Å²) < 4.78 is 6.44. The minimum atomic E-state index is -0.282. The van der Waals surface area contributed by atoms with Crippen molar-refractivity contribution in [2.24, 2.45) is 0 Å². The maximum absolute atomic E-state index is 12.6. The van der Waals surface area contributed by atoms with E-state index >= 15 is 0 Å². The van der Waals surface area contributed by atoms with Gasteiger partial charge in [0.1, 0.15) is 5.75 Å². The maximum Gasteiger partial charge on any atom is 0.319 e. The highest BCUT2D eigenvalue weighted by atomic mass is 32.1. The van der Waals surface area contributed by atoms with Crippen molar-refractivity contribution < 1.29 is 14.3 Å². The molecule has 0 radical (unpaired) electrons. The van der Waals surface area contributed by atoms with Crippen LogP contribution in [0.2, 0.25) is 0 Å². The molecule has 0 aliphatic heterocycles. The number of nitrogens with one attached hydrogen (secondary N) is 3. The molecular formula is C20H20N4O3S. The fourth-order valence-electron chi connectivity index (χ4n) is 2.70. The third-order valence-electron chi connectivity index (χ3n) is 4.19. The van der Waals surface area contributed by atoms with Gasteiger partial charge in [0, 0.05) is 17.3 Å². The predicted molar refractivity (Wildman–Crippen MR) is 110 cm³/mol. The molecule has 3 amide bonds. The lowest BCUT2D eigenvalue weighted by Gasteiger charge is -2.08. The Balaban J connectivity index is 1.44. The Labute approximate surface area is 166 Å². The normalized spacial score (nSPS) is 13.2. The van der Waals surface area contributed by atoms with E-state index in [1.807, 2.05) is 25.1 Å². The van der Waals surface area contributed by atoms with Gasteiger partial charge in [-0.15, -0.1) is 0 Å². The highest BCUT2D eigenvalue weighted by Crippen LogP contribution is 2.29. The lowest BCUT2D eigenvalue weighted by Crippen LogP contribution is -2.30. The molecule has 1 saturated carbocycles. The van der Waals surface area contributed by atoms with E-state index in [0.717, 1.165) is 28.8 Å². The smallest absolute Gasteiger partial charge is 0.319 e. The number of ether oxygens (including phenoxy) is 1. The first-order valence-electron chi connectivity index (χ1n) is 9.13. The average molecular weight is 396 g/mol. The Morgan fingerprint density at radius 1 is 1.18 bits per heavy atom. The lowest BCUT2D eigenvalue weighted by molar-refractivity contribution is 0.102. The van der Waals surface area contributed by atoms with Crippen molar-refractivity contribution in [3.05, 3.63) is 48.0 Å². The van der Waals surface area contributed by atoms with Gasteiger partial charge in [-0.2, -0.15) is 0 Å². The van der Waals surface area contributed by atoms with Crippen molar-refractivity contribution in [3.8, 4) is 5.75 Å². The number of aromatic nitrogens is 1. The van der Waals surface area contributed by atoms with E-state index in [1.54, 1.807) is 24.3 Å². The molecule has 0 spiro atoms. The quantitative estimate of drug-likeness (QED) is 0.581. The third kappa shape index (κ3) is 4.40. The second-order valence-corrected chi connectivity index (χ2v) is 7.52. The van der Waals surface area contributed by atoms with Crippen LogP contribution in [0.4, 0.5) is 15.6 Å². The summed E-state index contributed by atoms with van der Waals surface area (Å²) in [6.07, 6.45) is 2.04. The first kappa shape index (κ1) is 18.2. The Morgan fingerprint density at radius 2 is 2.04 bits per heavy atom. The first-order chi connectivity index (χ1) is 13.6. The number of rotatable bonds is 6. The molecular weight excluding hydrogens is 376 g/mol. The number of carbonyl (C=O) groups excluding carboxylic acids is 2. The Morgan fingerprint density at radius 3 is 2.82 bits per heavy atom. The van der Waals surface area contributed by atoms with E-state index in [1.165, 1.54) is 11.3 Å². The number of benzene rings is 2. The Kier molecular flexibility index (Phi) is 5.12. The van der Waals surface area contributed by atoms with Gasteiger partial charge < -0.3 is 15.4 Å². The van der Waals surface area contributed by atoms with Gasteiger partial charge in [-0.05, 0) is 56.2 Å². The van der Waals surface area contributed by atoms with E-state index in [-0.39, 0.29) is 18.0 Å². The van der Waals surface area contributed by atoms with Crippen molar-refractivity contribution in [2.75, 3.05) is 17.2 Å². The van der Waals surface area contributed by atoms with Crippen LogP contribution in [-0.4, -0.2) is 29.6 Å². The Hall–Kier alpha value is -3.13. The molecule has 144 valence electrons. The minimum absolute atomic E-state index is 0.253. The van der Waals surface area contributed by atoms with Gasteiger partial charge in [-0.3, -0.25) is 10.1 Å². The zero-order chi connectivity index (χ0) is 19.5. The zero-order valence-corrected chi connectivity index (χ0v) is 16.1. The SMILES string of the molecule is CCOc1ccc2nc(NC(=O)c3cccc(NC(=O)NC4CC4)c3)sc2c1. The van der Waals surface area contributed by atoms with Crippen LogP contribution in [-0.2, 0) is 0 Å². The number of carbonyl (C=O) groups is 2. The van der Waals surface area contributed by atoms with E-state index in [9.17, 15) is 9.59 Å². The fourth-order valence-corrected chi connectivity index (χ4v) is 3.59. The van der Waals surface area contributed by atoms with Gasteiger partial charge in [-0.25, -0.2) is 9.78 Å². The molecule has 2 aromatic carbocycles. The molecule has 28 heavy (non-hydrogen) atoms. The van der Waals surface area contributed by atoms with Crippen LogP contribution in [0.15, 0.2) is 42.5 Å². The maximum atomic E-state index is 12.6. The summed E-state index contributed by atoms with van der Waals surface area (Å²) in [5, 5.41) is 8.94. The molecule has 4 rings (SSSR count). The number of fused-ring (bicyclic) bond motifs is 1. The topological polar surface area (TPSA) is 92.3 Å². The zero-order valence-electron chi connectivity index (χ0n) is 15.3. The van der Waals surface area contributed by atoms with Crippen LogP contribution < -0.4 is 20.7 Å². The van der Waals surface area contributed by atoms with E-state index in [0.29, 0.717) is 23.0 Å². The monoisotopic (exact) mass is 396 g/mol. The summed E-state index contributed by atoms with van der Waals surface area (Å²) in [4.78, 5) is 28.9. The van der Waals surface area contributed by atoms with Gasteiger partial charge in [0.15, 0.2) is 5.13 Å². The third-order valence-corrected chi connectivity index (χ3v) is 5.12. The number of hydrogen-bond donors (Lipinski definition) is 3. The number of anilines is 2. The van der Waals surface area contributed by atoms with E-state index in [2.05, 4.69) is 20.9 Å². The van der Waals surface area contributed by atoms with Crippen LogP contribution in [0, 0.1) is 0 Å². The van der Waals surface area contributed by atoms with Gasteiger partial charge in [0.25, 0.3) is 5.91 Å². The molecule has 1 aliphatic rings. The molecule has 1 aliphatic carbocycles. The van der Waals surface area contributed by atoms with Crippen molar-refractivity contribution in [2.45, 2.75) is 25.8 Å². The largest absolute Gasteiger partial charge is 0.494 e. The standard InChI is InChI=1S/C20H20N4O3S/c1-2-27-15-8-9-16-17(11-15)28-20(23-16)24-18(25)12-4-3-5-14(10-12)22-19(26)21-13-6-7-13/h3-5,8-11,13H,2,6-7H2,1H3,(H2,21,22,26)(H,23,24,25). The number of thiazole rings is 1. The molecule has 1 fully saturated rings. The summed E-state index contributed by atoms with van der Waals surface area (Å²) in [6.45, 7) is 2.53. The van der Waals surface area contributed by atoms with Gasteiger partial charge in [0.2, 0.25) is 0 Å². The van der Waals surface area contributed by atoms with Gasteiger partial charge >= 0.3 is 6.03 Å². The molecule has 7 nitrogen and oxygen atoms in total. The minimum Gasteiger partial charge on any atom is -0.494 e. The fraction of sp³-hybridized carbons (Fsp3) is 0.250. The van der Waals surface area contributed by atoms with Crippen molar-refractivity contribution >= 4 is 44.3 Å². The highest BCUT2D eigenvalue weighted by molar-refractivity contribution is 7.22. The molecule has 3 N–H and O–H groups in total. The predicted octanol–water partition coefficient (Wildman–Crippen LogP) is 4.23. The number of urea groups is 1. The summed E-state index contributed by atoms with van der Waals surface area (Å²) >= 11 is 1.39. The molecule has 3 aromatic rings. The van der Waals surface area contributed by atoms with E-state index in [4.69, 9.17) is 4.74 Å². The van der Waals surface area contributed by atoms with Crippen molar-refractivity contribution in [3.63, 3.8) is 0 Å². The summed E-state index contributed by atoms with van der Waals surface area (Å²) in [5.41, 5.74) is 1.81. The lowest BCUT2D eigenvalue weighted by atomic mass is 10.2. The second-order valence-electron chi connectivity index (χ2n) is 6.49.